The molecule has 2 heterocycles. The van der Waals surface area contributed by atoms with E-state index < -0.39 is 24.1 Å². The first kappa shape index (κ1) is 38.9. The lowest BCUT2D eigenvalue weighted by Gasteiger charge is -2.35. The van der Waals surface area contributed by atoms with Gasteiger partial charge in [-0.05, 0) is 50.7 Å². The molecule has 4 rings (SSSR count). The summed E-state index contributed by atoms with van der Waals surface area (Å²) in [6.07, 6.45) is 5.53. The number of likely N-dealkylation sites (N-methyl/N-ethyl adjacent to an activating group) is 1. The number of likely N-dealkylation sites (tertiary alicyclic amines) is 1. The molecule has 0 bridgehead atoms. The first-order valence-electron chi connectivity index (χ1n) is 17.2. The van der Waals surface area contributed by atoms with Gasteiger partial charge in [0, 0.05) is 24.5 Å². The first-order valence-corrected chi connectivity index (χ1v) is 18.1. The number of ether oxygens (including phenoxy) is 4. The third-order valence-electron chi connectivity index (χ3n) is 9.05. The van der Waals surface area contributed by atoms with Gasteiger partial charge in [-0.3, -0.25) is 19.3 Å². The summed E-state index contributed by atoms with van der Waals surface area (Å²) < 4.78 is 21.6. The van der Waals surface area contributed by atoms with Crippen molar-refractivity contribution in [3.05, 3.63) is 45.9 Å². The van der Waals surface area contributed by atoms with E-state index in [0.717, 1.165) is 43.4 Å². The number of rotatable bonds is 20. The van der Waals surface area contributed by atoms with Crippen LogP contribution in [0.15, 0.2) is 29.6 Å². The molecule has 1 aliphatic heterocycles. The lowest BCUT2D eigenvalue weighted by atomic mass is 9.83. The quantitative estimate of drug-likeness (QED) is 0.116. The number of carbonyl (C=O) groups is 5. The van der Waals surface area contributed by atoms with Crippen molar-refractivity contribution >= 4 is 41.3 Å². The lowest BCUT2D eigenvalue weighted by molar-refractivity contribution is -0.140. The third kappa shape index (κ3) is 11.0. The van der Waals surface area contributed by atoms with E-state index in [0.29, 0.717) is 68.6 Å². The van der Waals surface area contributed by atoms with Crippen LogP contribution < -0.4 is 10.1 Å². The highest BCUT2D eigenvalue weighted by Crippen LogP contribution is 2.36. The maximum Gasteiger partial charge on any atom is 0.407 e. The summed E-state index contributed by atoms with van der Waals surface area (Å²) in [5.41, 5.74) is 0.703. The van der Waals surface area contributed by atoms with E-state index in [1.807, 2.05) is 0 Å². The van der Waals surface area contributed by atoms with Gasteiger partial charge in [-0.1, -0.05) is 31.4 Å². The maximum atomic E-state index is 14.2. The minimum absolute atomic E-state index is 0.0432. The van der Waals surface area contributed by atoms with Gasteiger partial charge >= 0.3 is 6.09 Å². The number of hydrogen-bond donors (Lipinski definition) is 2. The average Bonchev–Trinajstić information content (AvgIpc) is 3.83. The summed E-state index contributed by atoms with van der Waals surface area (Å²) in [7, 11) is 1.33. The van der Waals surface area contributed by atoms with Crippen molar-refractivity contribution in [3.8, 4) is 5.75 Å². The van der Waals surface area contributed by atoms with E-state index in [1.54, 1.807) is 34.5 Å². The molecule has 2 fully saturated rings. The van der Waals surface area contributed by atoms with Crippen LogP contribution in [0.4, 0.5) is 4.79 Å². The van der Waals surface area contributed by atoms with Crippen molar-refractivity contribution < 1.29 is 48.0 Å². The third-order valence-corrected chi connectivity index (χ3v) is 9.99. The number of amides is 3. The Labute approximate surface area is 296 Å². The minimum Gasteiger partial charge on any atom is -0.491 e. The van der Waals surface area contributed by atoms with Crippen LogP contribution in [0.3, 0.4) is 0 Å². The molecule has 14 nitrogen and oxygen atoms in total. The van der Waals surface area contributed by atoms with Gasteiger partial charge in [0.15, 0.2) is 0 Å². The van der Waals surface area contributed by atoms with E-state index in [4.69, 9.17) is 18.9 Å². The summed E-state index contributed by atoms with van der Waals surface area (Å²) in [5, 5.41) is 14.7. The second kappa shape index (κ2) is 20.1. The fourth-order valence-corrected chi connectivity index (χ4v) is 7.09. The molecule has 2 unspecified atom stereocenters. The molecule has 3 amide bonds. The van der Waals surface area contributed by atoms with Crippen molar-refractivity contribution in [2.75, 3.05) is 59.8 Å². The van der Waals surface area contributed by atoms with Crippen LogP contribution in [0.25, 0.3) is 0 Å². The topological polar surface area (TPSA) is 174 Å². The number of ketones is 1. The van der Waals surface area contributed by atoms with Gasteiger partial charge in [-0.15, -0.1) is 11.3 Å². The van der Waals surface area contributed by atoms with Gasteiger partial charge in [0.1, 0.15) is 48.0 Å². The SMILES string of the molecule is CC(C(=O)NC(C(=O)N1CCC[C@H]1c1nc(C(=O)c2cccc(OCCOCCOCCOCC=O)c2)cs1)C1CCCCC1)N(C)C(=O)O. The maximum absolute atomic E-state index is 14.2. The van der Waals surface area contributed by atoms with Gasteiger partial charge in [0.25, 0.3) is 0 Å². The molecule has 3 atom stereocenters. The predicted molar refractivity (Wildman–Crippen MR) is 183 cm³/mol. The van der Waals surface area contributed by atoms with Crippen LogP contribution in [0.2, 0.25) is 0 Å². The monoisotopic (exact) mass is 716 g/mol. The summed E-state index contributed by atoms with van der Waals surface area (Å²) in [4.78, 5) is 69.8. The highest BCUT2D eigenvalue weighted by molar-refractivity contribution is 7.10. The second-order valence-electron chi connectivity index (χ2n) is 12.4. The molecule has 274 valence electrons. The van der Waals surface area contributed by atoms with E-state index in [1.165, 1.54) is 25.3 Å². The first-order chi connectivity index (χ1) is 24.2. The van der Waals surface area contributed by atoms with Crippen molar-refractivity contribution in [1.29, 1.82) is 0 Å². The normalized spacial score (nSPS) is 17.6. The van der Waals surface area contributed by atoms with Gasteiger partial charge in [-0.2, -0.15) is 0 Å². The van der Waals surface area contributed by atoms with Crippen molar-refractivity contribution in [2.24, 2.45) is 5.92 Å². The van der Waals surface area contributed by atoms with E-state index in [2.05, 4.69) is 10.3 Å². The minimum atomic E-state index is -1.22. The summed E-state index contributed by atoms with van der Waals surface area (Å²) in [6, 6.07) is 4.81. The fraction of sp³-hybridized carbons (Fsp3) is 0.600. The molecule has 0 spiro atoms. The average molecular weight is 717 g/mol. The summed E-state index contributed by atoms with van der Waals surface area (Å²) in [5.74, 6) is -0.481. The zero-order chi connectivity index (χ0) is 35.9. The zero-order valence-corrected chi connectivity index (χ0v) is 29.6. The standard InChI is InChI=1S/C35H48N4O10S/c1-24(38(2)35(44)45)32(42)37-30(25-8-4-3-5-9-25)34(43)39-13-7-12-29(39)33-36-28(23-50-33)31(41)26-10-6-11-27(22-26)49-21-20-48-19-18-47-17-16-46-15-14-40/h6,10-11,14,22-25,29-30H,3-5,7-9,12-13,15-21H2,1-2H3,(H,37,42)(H,44,45)/t24?,29-,30?/m0/s1. The van der Waals surface area contributed by atoms with Crippen molar-refractivity contribution in [3.63, 3.8) is 0 Å². The molecule has 15 heteroatoms. The van der Waals surface area contributed by atoms with Crippen molar-refractivity contribution in [1.82, 2.24) is 20.1 Å². The van der Waals surface area contributed by atoms with Crippen LogP contribution in [-0.4, -0.2) is 122 Å². The number of nitrogens with zero attached hydrogens (tertiary/aromatic N) is 3. The Hall–Kier alpha value is -3.92. The number of carbonyl (C=O) groups excluding carboxylic acids is 4. The molecule has 1 aromatic heterocycles. The molecule has 50 heavy (non-hydrogen) atoms. The number of thiazole rings is 1. The van der Waals surface area contributed by atoms with Gasteiger partial charge in [-0.25, -0.2) is 9.78 Å². The van der Waals surface area contributed by atoms with Gasteiger partial charge in [0.05, 0.1) is 39.1 Å². The Morgan fingerprint density at radius 2 is 1.72 bits per heavy atom. The van der Waals surface area contributed by atoms with E-state index in [9.17, 15) is 29.1 Å². The molecule has 1 aliphatic carbocycles. The molecular formula is C35H48N4O10S. The van der Waals surface area contributed by atoms with E-state index in [-0.39, 0.29) is 42.6 Å². The van der Waals surface area contributed by atoms with Gasteiger partial charge in [0.2, 0.25) is 17.6 Å². The van der Waals surface area contributed by atoms with Crippen LogP contribution in [-0.2, 0) is 28.6 Å². The smallest absolute Gasteiger partial charge is 0.407 e. The molecule has 0 radical (unpaired) electrons. The number of hydrogen-bond acceptors (Lipinski definition) is 11. The van der Waals surface area contributed by atoms with Crippen LogP contribution in [0.1, 0.15) is 79.0 Å². The highest BCUT2D eigenvalue weighted by atomic mass is 32.1. The van der Waals surface area contributed by atoms with Gasteiger partial charge < -0.3 is 39.1 Å². The Kier molecular flexibility index (Phi) is 15.6. The Morgan fingerprint density at radius 3 is 2.42 bits per heavy atom. The predicted octanol–water partition coefficient (Wildman–Crippen LogP) is 3.73. The van der Waals surface area contributed by atoms with Crippen LogP contribution in [0, 0.1) is 5.92 Å². The largest absolute Gasteiger partial charge is 0.491 e. The number of carboxylic acid groups (broad SMARTS) is 1. The fourth-order valence-electron chi connectivity index (χ4n) is 6.14. The Morgan fingerprint density at radius 1 is 1.02 bits per heavy atom. The Balaban J connectivity index is 1.33. The lowest BCUT2D eigenvalue weighted by Crippen LogP contribution is -2.56. The molecule has 1 saturated carbocycles. The molecule has 1 saturated heterocycles. The van der Waals surface area contributed by atoms with Crippen molar-refractivity contribution in [2.45, 2.75) is 70.0 Å². The number of benzene rings is 1. The van der Waals surface area contributed by atoms with Crippen LogP contribution in [0.5, 0.6) is 5.75 Å². The molecular weight excluding hydrogens is 668 g/mol. The van der Waals surface area contributed by atoms with E-state index >= 15 is 0 Å². The Bertz CT molecular complexity index is 1430. The molecule has 2 aliphatic rings. The van der Waals surface area contributed by atoms with Crippen LogP contribution >= 0.6 is 11.3 Å². The summed E-state index contributed by atoms with van der Waals surface area (Å²) in [6.45, 7) is 4.17. The molecule has 2 N–H and O–H groups in total. The second-order valence-corrected chi connectivity index (χ2v) is 13.3. The number of aldehydes is 1. The summed E-state index contributed by atoms with van der Waals surface area (Å²) >= 11 is 1.33. The number of aromatic nitrogens is 1. The molecule has 1 aromatic carbocycles. The zero-order valence-electron chi connectivity index (χ0n) is 28.8. The highest BCUT2D eigenvalue weighted by Gasteiger charge is 2.40. The molecule has 2 aromatic rings. The number of nitrogens with one attached hydrogen (secondary N) is 1.